The Morgan fingerprint density at radius 1 is 1.60 bits per heavy atom. The summed E-state index contributed by atoms with van der Waals surface area (Å²) < 4.78 is 5.36. The van der Waals surface area contributed by atoms with E-state index in [-0.39, 0.29) is 5.91 Å². The SMILES string of the molecule is CCc1nc(N2CCOCC2C(N)=O)c2ccsc2n1. The van der Waals surface area contributed by atoms with Crippen LogP contribution in [0.4, 0.5) is 5.82 Å². The van der Waals surface area contributed by atoms with Gasteiger partial charge >= 0.3 is 0 Å². The van der Waals surface area contributed by atoms with Gasteiger partial charge in [-0.25, -0.2) is 9.97 Å². The van der Waals surface area contributed by atoms with Crippen LogP contribution in [0, 0.1) is 0 Å². The summed E-state index contributed by atoms with van der Waals surface area (Å²) >= 11 is 1.58. The van der Waals surface area contributed by atoms with E-state index in [1.165, 1.54) is 0 Å². The highest BCUT2D eigenvalue weighted by Gasteiger charge is 2.30. The van der Waals surface area contributed by atoms with E-state index in [1.807, 2.05) is 23.3 Å². The van der Waals surface area contributed by atoms with Crippen molar-refractivity contribution in [2.24, 2.45) is 5.73 Å². The molecule has 3 heterocycles. The van der Waals surface area contributed by atoms with Crippen molar-refractivity contribution >= 4 is 33.3 Å². The summed E-state index contributed by atoms with van der Waals surface area (Å²) in [4.78, 5) is 23.6. The van der Waals surface area contributed by atoms with E-state index >= 15 is 0 Å². The number of thiophene rings is 1. The lowest BCUT2D eigenvalue weighted by atomic mass is 10.2. The summed E-state index contributed by atoms with van der Waals surface area (Å²) in [5.74, 6) is 1.19. The molecule has 0 radical (unpaired) electrons. The van der Waals surface area contributed by atoms with E-state index in [0.717, 1.165) is 28.3 Å². The van der Waals surface area contributed by atoms with Crippen LogP contribution < -0.4 is 10.6 Å². The molecule has 1 fully saturated rings. The average Bonchev–Trinajstić information content (AvgIpc) is 2.94. The molecule has 1 amide bonds. The smallest absolute Gasteiger partial charge is 0.242 e. The zero-order valence-electron chi connectivity index (χ0n) is 11.2. The minimum absolute atomic E-state index is 0.312. The van der Waals surface area contributed by atoms with E-state index in [2.05, 4.69) is 9.97 Å². The van der Waals surface area contributed by atoms with Crippen molar-refractivity contribution in [2.45, 2.75) is 19.4 Å². The molecule has 0 saturated carbocycles. The van der Waals surface area contributed by atoms with Crippen molar-refractivity contribution in [2.75, 3.05) is 24.7 Å². The zero-order chi connectivity index (χ0) is 14.1. The minimum atomic E-state index is -0.466. The van der Waals surface area contributed by atoms with Crippen LogP contribution in [-0.2, 0) is 16.0 Å². The molecule has 6 nitrogen and oxygen atoms in total. The topological polar surface area (TPSA) is 81.3 Å². The average molecular weight is 292 g/mol. The van der Waals surface area contributed by atoms with Crippen molar-refractivity contribution in [1.82, 2.24) is 9.97 Å². The summed E-state index contributed by atoms with van der Waals surface area (Å²) in [5.41, 5.74) is 5.48. The predicted octanol–water partition coefficient (Wildman–Crippen LogP) is 0.944. The molecule has 2 aromatic heterocycles. The number of carbonyl (C=O) groups is 1. The highest BCUT2D eigenvalue weighted by atomic mass is 32.1. The molecule has 2 N–H and O–H groups in total. The number of amides is 1. The maximum absolute atomic E-state index is 11.6. The number of hydrogen-bond acceptors (Lipinski definition) is 6. The molecule has 1 unspecified atom stereocenters. The molecular weight excluding hydrogens is 276 g/mol. The molecule has 7 heteroatoms. The second-order valence-electron chi connectivity index (χ2n) is 4.64. The second kappa shape index (κ2) is 5.34. The maximum Gasteiger partial charge on any atom is 0.242 e. The highest BCUT2D eigenvalue weighted by Crippen LogP contribution is 2.30. The monoisotopic (exact) mass is 292 g/mol. The Hall–Kier alpha value is -1.73. The van der Waals surface area contributed by atoms with E-state index < -0.39 is 6.04 Å². The Morgan fingerprint density at radius 2 is 2.45 bits per heavy atom. The van der Waals surface area contributed by atoms with Gasteiger partial charge in [0.05, 0.1) is 18.6 Å². The molecule has 1 aliphatic rings. The van der Waals surface area contributed by atoms with Crippen LogP contribution >= 0.6 is 11.3 Å². The lowest BCUT2D eigenvalue weighted by molar-refractivity contribution is -0.121. The van der Waals surface area contributed by atoms with E-state index in [4.69, 9.17) is 10.5 Å². The molecule has 0 bridgehead atoms. The highest BCUT2D eigenvalue weighted by molar-refractivity contribution is 7.16. The Kier molecular flexibility index (Phi) is 3.54. The molecular formula is C13H16N4O2S. The van der Waals surface area contributed by atoms with Gasteiger partial charge in [-0.05, 0) is 11.4 Å². The number of hydrogen-bond donors (Lipinski definition) is 1. The molecule has 1 saturated heterocycles. The van der Waals surface area contributed by atoms with Crippen LogP contribution in [0.1, 0.15) is 12.7 Å². The number of primary amides is 1. The second-order valence-corrected chi connectivity index (χ2v) is 5.54. The van der Waals surface area contributed by atoms with Crippen molar-refractivity contribution in [3.8, 4) is 0 Å². The van der Waals surface area contributed by atoms with Gasteiger partial charge in [-0.2, -0.15) is 0 Å². The summed E-state index contributed by atoms with van der Waals surface area (Å²) in [6, 6.07) is 1.52. The van der Waals surface area contributed by atoms with Crippen LogP contribution in [-0.4, -0.2) is 41.7 Å². The molecule has 1 atom stereocenters. The van der Waals surface area contributed by atoms with Gasteiger partial charge < -0.3 is 15.4 Å². The molecule has 1 aliphatic heterocycles. The number of aromatic nitrogens is 2. The Morgan fingerprint density at radius 3 is 3.20 bits per heavy atom. The fraction of sp³-hybridized carbons (Fsp3) is 0.462. The summed E-state index contributed by atoms with van der Waals surface area (Å²) in [6.07, 6.45) is 0.756. The molecule has 106 valence electrons. The summed E-state index contributed by atoms with van der Waals surface area (Å²) in [5, 5.41) is 2.96. The van der Waals surface area contributed by atoms with Gasteiger partial charge in [0.2, 0.25) is 5.91 Å². The van der Waals surface area contributed by atoms with Crippen LogP contribution in [0.5, 0.6) is 0 Å². The largest absolute Gasteiger partial charge is 0.377 e. The third kappa shape index (κ3) is 2.23. The van der Waals surface area contributed by atoms with Gasteiger partial charge in [-0.3, -0.25) is 4.79 Å². The Bertz CT molecular complexity index is 642. The van der Waals surface area contributed by atoms with Crippen molar-refractivity contribution in [1.29, 1.82) is 0 Å². The quantitative estimate of drug-likeness (QED) is 0.910. The lowest BCUT2D eigenvalue weighted by Gasteiger charge is -2.34. The normalized spacial score (nSPS) is 19.4. The summed E-state index contributed by atoms with van der Waals surface area (Å²) in [7, 11) is 0. The number of aryl methyl sites for hydroxylation is 1. The van der Waals surface area contributed by atoms with Gasteiger partial charge in [0, 0.05) is 13.0 Å². The third-order valence-electron chi connectivity index (χ3n) is 3.40. The van der Waals surface area contributed by atoms with Crippen LogP contribution in [0.25, 0.3) is 10.2 Å². The van der Waals surface area contributed by atoms with Gasteiger partial charge in [-0.15, -0.1) is 11.3 Å². The van der Waals surface area contributed by atoms with Gasteiger partial charge in [0.1, 0.15) is 22.5 Å². The maximum atomic E-state index is 11.6. The zero-order valence-corrected chi connectivity index (χ0v) is 12.0. The van der Waals surface area contributed by atoms with Gasteiger partial charge in [-0.1, -0.05) is 6.92 Å². The first-order chi connectivity index (χ1) is 9.70. The van der Waals surface area contributed by atoms with Gasteiger partial charge in [0.25, 0.3) is 0 Å². The number of nitrogens with two attached hydrogens (primary N) is 1. The fourth-order valence-electron chi connectivity index (χ4n) is 2.35. The Balaban J connectivity index is 2.11. The first-order valence-corrected chi connectivity index (χ1v) is 7.46. The van der Waals surface area contributed by atoms with Crippen LogP contribution in [0.15, 0.2) is 11.4 Å². The number of fused-ring (bicyclic) bond motifs is 1. The number of anilines is 1. The van der Waals surface area contributed by atoms with E-state index in [1.54, 1.807) is 11.3 Å². The number of nitrogens with zero attached hydrogens (tertiary/aromatic N) is 3. The molecule has 0 spiro atoms. The molecule has 0 aliphatic carbocycles. The molecule has 0 aromatic carbocycles. The van der Waals surface area contributed by atoms with Crippen LogP contribution in [0.3, 0.4) is 0 Å². The van der Waals surface area contributed by atoms with E-state index in [9.17, 15) is 4.79 Å². The first-order valence-electron chi connectivity index (χ1n) is 6.58. The molecule has 20 heavy (non-hydrogen) atoms. The molecule has 3 rings (SSSR count). The number of carbonyl (C=O) groups excluding carboxylic acids is 1. The van der Waals surface area contributed by atoms with Crippen molar-refractivity contribution in [3.05, 3.63) is 17.3 Å². The predicted molar refractivity (Wildman–Crippen MR) is 77.9 cm³/mol. The van der Waals surface area contributed by atoms with Crippen molar-refractivity contribution in [3.63, 3.8) is 0 Å². The summed E-state index contributed by atoms with van der Waals surface area (Å²) in [6.45, 7) is 3.51. The van der Waals surface area contributed by atoms with Crippen molar-refractivity contribution < 1.29 is 9.53 Å². The third-order valence-corrected chi connectivity index (χ3v) is 4.20. The number of ether oxygens (including phenoxy) is 1. The number of morpholine rings is 1. The number of rotatable bonds is 3. The minimum Gasteiger partial charge on any atom is -0.377 e. The van der Waals surface area contributed by atoms with Gasteiger partial charge in [0.15, 0.2) is 0 Å². The Labute approximate surface area is 120 Å². The fourth-order valence-corrected chi connectivity index (χ4v) is 3.13. The molecule has 2 aromatic rings. The lowest BCUT2D eigenvalue weighted by Crippen LogP contribution is -2.53. The first kappa shape index (κ1) is 13.3. The van der Waals surface area contributed by atoms with E-state index in [0.29, 0.717) is 19.8 Å². The standard InChI is InChI=1S/C13H16N4O2S/c1-2-10-15-12(8-3-6-20-13(8)16-10)17-4-5-19-7-9(17)11(14)18/h3,6,9H,2,4-5,7H2,1H3,(H2,14,18). The van der Waals surface area contributed by atoms with Crippen LogP contribution in [0.2, 0.25) is 0 Å².